The molecule has 0 unspecified atom stereocenters. The molecular formula is C15H30N4. The summed E-state index contributed by atoms with van der Waals surface area (Å²) in [5.41, 5.74) is 1.04. The molecule has 4 heteroatoms. The van der Waals surface area contributed by atoms with Gasteiger partial charge in [-0.05, 0) is 13.0 Å². The molecule has 0 bridgehead atoms. The molecule has 0 aliphatic heterocycles. The van der Waals surface area contributed by atoms with Crippen molar-refractivity contribution in [1.29, 1.82) is 0 Å². The van der Waals surface area contributed by atoms with Gasteiger partial charge in [0, 0.05) is 19.3 Å². The van der Waals surface area contributed by atoms with Gasteiger partial charge in [0.1, 0.15) is 0 Å². The molecule has 0 radical (unpaired) electrons. The molecule has 1 heterocycles. The lowest BCUT2D eigenvalue weighted by Gasteiger charge is -2.01. The van der Waals surface area contributed by atoms with Gasteiger partial charge in [0.2, 0.25) is 0 Å². The predicted molar refractivity (Wildman–Crippen MR) is 80.0 cm³/mol. The molecule has 0 aliphatic rings. The van der Waals surface area contributed by atoms with Crippen molar-refractivity contribution in [2.24, 2.45) is 0 Å². The lowest BCUT2D eigenvalue weighted by molar-refractivity contribution is 0.510. The minimum atomic E-state index is 0.827. The Balaban J connectivity index is 1.98. The van der Waals surface area contributed by atoms with Gasteiger partial charge in [0.25, 0.3) is 0 Å². The summed E-state index contributed by atoms with van der Waals surface area (Å²) >= 11 is 0. The summed E-state index contributed by atoms with van der Waals surface area (Å²) < 4.78 is 1.98. The fourth-order valence-electron chi connectivity index (χ4n) is 2.19. The SMILES string of the molecule is CCCCCCCCCCn1cc(CNCC)nn1. The molecule has 0 aliphatic carbocycles. The van der Waals surface area contributed by atoms with Crippen LogP contribution in [0.1, 0.15) is 70.9 Å². The van der Waals surface area contributed by atoms with Gasteiger partial charge in [-0.1, -0.05) is 64.0 Å². The Morgan fingerprint density at radius 1 is 1.00 bits per heavy atom. The monoisotopic (exact) mass is 266 g/mol. The largest absolute Gasteiger partial charge is 0.311 e. The van der Waals surface area contributed by atoms with Crippen molar-refractivity contribution < 1.29 is 0 Å². The molecule has 0 aromatic carbocycles. The lowest BCUT2D eigenvalue weighted by atomic mass is 10.1. The molecule has 19 heavy (non-hydrogen) atoms. The van der Waals surface area contributed by atoms with Crippen LogP contribution in [0.3, 0.4) is 0 Å². The fourth-order valence-corrected chi connectivity index (χ4v) is 2.19. The van der Waals surface area contributed by atoms with Crippen molar-refractivity contribution >= 4 is 0 Å². The Labute approximate surface area is 118 Å². The van der Waals surface area contributed by atoms with Crippen LogP contribution in [0.5, 0.6) is 0 Å². The second-order valence-corrected chi connectivity index (χ2v) is 5.23. The van der Waals surface area contributed by atoms with E-state index in [-0.39, 0.29) is 0 Å². The molecule has 0 spiro atoms. The van der Waals surface area contributed by atoms with Crippen molar-refractivity contribution in [1.82, 2.24) is 20.3 Å². The number of aromatic nitrogens is 3. The first-order chi connectivity index (χ1) is 9.36. The van der Waals surface area contributed by atoms with Crippen molar-refractivity contribution in [2.75, 3.05) is 6.54 Å². The minimum Gasteiger partial charge on any atom is -0.311 e. The number of hydrogen-bond acceptors (Lipinski definition) is 3. The summed E-state index contributed by atoms with van der Waals surface area (Å²) in [6, 6.07) is 0. The maximum absolute atomic E-state index is 4.15. The van der Waals surface area contributed by atoms with Crippen molar-refractivity contribution in [3.05, 3.63) is 11.9 Å². The molecule has 0 saturated heterocycles. The summed E-state index contributed by atoms with van der Waals surface area (Å²) in [7, 11) is 0. The molecular weight excluding hydrogens is 236 g/mol. The van der Waals surface area contributed by atoms with Crippen LogP contribution >= 0.6 is 0 Å². The van der Waals surface area contributed by atoms with Crippen LogP contribution in [0, 0.1) is 0 Å². The van der Waals surface area contributed by atoms with Crippen LogP contribution in [0.15, 0.2) is 6.20 Å². The van der Waals surface area contributed by atoms with Gasteiger partial charge in [-0.2, -0.15) is 0 Å². The van der Waals surface area contributed by atoms with E-state index in [1.165, 1.54) is 51.4 Å². The van der Waals surface area contributed by atoms with Crippen LogP contribution in [-0.2, 0) is 13.1 Å². The first kappa shape index (κ1) is 16.2. The molecule has 0 saturated carbocycles. The third kappa shape index (κ3) is 7.98. The summed E-state index contributed by atoms with van der Waals surface area (Å²) in [4.78, 5) is 0. The second kappa shape index (κ2) is 11.0. The van der Waals surface area contributed by atoms with Gasteiger partial charge in [-0.15, -0.1) is 5.10 Å². The van der Waals surface area contributed by atoms with E-state index >= 15 is 0 Å². The number of unbranched alkanes of at least 4 members (excludes halogenated alkanes) is 7. The van der Waals surface area contributed by atoms with Gasteiger partial charge in [-0.25, -0.2) is 0 Å². The molecule has 1 N–H and O–H groups in total. The average Bonchev–Trinajstić information content (AvgIpc) is 2.87. The maximum Gasteiger partial charge on any atom is 0.0964 e. The third-order valence-corrected chi connectivity index (χ3v) is 3.38. The molecule has 1 aromatic rings. The number of rotatable bonds is 12. The molecule has 0 atom stereocenters. The number of hydrogen-bond donors (Lipinski definition) is 1. The van der Waals surface area contributed by atoms with E-state index in [1.807, 2.05) is 4.68 Å². The molecule has 110 valence electrons. The lowest BCUT2D eigenvalue weighted by Crippen LogP contribution is -2.11. The predicted octanol–water partition coefficient (Wildman–Crippen LogP) is 3.53. The van der Waals surface area contributed by atoms with Gasteiger partial charge in [0.15, 0.2) is 0 Å². The van der Waals surface area contributed by atoms with Gasteiger partial charge in [-0.3, -0.25) is 4.68 Å². The van der Waals surface area contributed by atoms with E-state index < -0.39 is 0 Å². The summed E-state index contributed by atoms with van der Waals surface area (Å²) in [6.45, 7) is 7.18. The van der Waals surface area contributed by atoms with Crippen LogP contribution in [0.2, 0.25) is 0 Å². The molecule has 1 rings (SSSR count). The molecule has 1 aromatic heterocycles. The van der Waals surface area contributed by atoms with Crippen LogP contribution in [0.4, 0.5) is 0 Å². The van der Waals surface area contributed by atoms with Crippen LogP contribution in [-0.4, -0.2) is 21.5 Å². The number of nitrogens with zero attached hydrogens (tertiary/aromatic N) is 3. The Hall–Kier alpha value is -0.900. The van der Waals surface area contributed by atoms with Gasteiger partial charge >= 0.3 is 0 Å². The zero-order valence-corrected chi connectivity index (χ0v) is 12.7. The third-order valence-electron chi connectivity index (χ3n) is 3.38. The van der Waals surface area contributed by atoms with Gasteiger partial charge < -0.3 is 5.32 Å². The van der Waals surface area contributed by atoms with E-state index in [4.69, 9.17) is 0 Å². The smallest absolute Gasteiger partial charge is 0.0964 e. The minimum absolute atomic E-state index is 0.827. The highest BCUT2D eigenvalue weighted by atomic mass is 15.4. The zero-order valence-electron chi connectivity index (χ0n) is 12.7. The van der Waals surface area contributed by atoms with E-state index in [2.05, 4.69) is 35.7 Å². The highest BCUT2D eigenvalue weighted by Crippen LogP contribution is 2.08. The van der Waals surface area contributed by atoms with Crippen LogP contribution < -0.4 is 5.32 Å². The standard InChI is InChI=1S/C15H30N4/c1-3-5-6-7-8-9-10-11-12-19-14-15(17-18-19)13-16-4-2/h14,16H,3-13H2,1-2H3. The van der Waals surface area contributed by atoms with Crippen molar-refractivity contribution in [3.8, 4) is 0 Å². The summed E-state index contributed by atoms with van der Waals surface area (Å²) in [5.74, 6) is 0. The Morgan fingerprint density at radius 3 is 2.37 bits per heavy atom. The first-order valence-electron chi connectivity index (χ1n) is 7.96. The Kier molecular flexibility index (Phi) is 9.33. The summed E-state index contributed by atoms with van der Waals surface area (Å²) in [6.07, 6.45) is 12.9. The van der Waals surface area contributed by atoms with E-state index in [0.717, 1.165) is 25.3 Å². The number of nitrogens with one attached hydrogen (secondary N) is 1. The van der Waals surface area contributed by atoms with Gasteiger partial charge in [0.05, 0.1) is 5.69 Å². The van der Waals surface area contributed by atoms with Crippen LogP contribution in [0.25, 0.3) is 0 Å². The summed E-state index contributed by atoms with van der Waals surface area (Å²) in [5, 5.41) is 11.6. The number of aryl methyl sites for hydroxylation is 1. The molecule has 4 nitrogen and oxygen atoms in total. The average molecular weight is 266 g/mol. The zero-order chi connectivity index (χ0) is 13.8. The normalized spacial score (nSPS) is 11.1. The first-order valence-corrected chi connectivity index (χ1v) is 7.96. The van der Waals surface area contributed by atoms with E-state index in [9.17, 15) is 0 Å². The topological polar surface area (TPSA) is 42.7 Å². The quantitative estimate of drug-likeness (QED) is 0.589. The van der Waals surface area contributed by atoms with E-state index in [1.54, 1.807) is 0 Å². The molecule has 0 fully saturated rings. The Morgan fingerprint density at radius 2 is 1.68 bits per heavy atom. The highest BCUT2D eigenvalue weighted by Gasteiger charge is 1.99. The van der Waals surface area contributed by atoms with Crippen molar-refractivity contribution in [3.63, 3.8) is 0 Å². The Bertz CT molecular complexity index is 309. The second-order valence-electron chi connectivity index (χ2n) is 5.23. The fraction of sp³-hybridized carbons (Fsp3) is 0.867. The maximum atomic E-state index is 4.15. The van der Waals surface area contributed by atoms with Crippen molar-refractivity contribution in [2.45, 2.75) is 78.3 Å². The molecule has 0 amide bonds. The van der Waals surface area contributed by atoms with E-state index in [0.29, 0.717) is 0 Å². The highest BCUT2D eigenvalue weighted by molar-refractivity contribution is 4.91.